The molecule has 0 fully saturated rings. The predicted molar refractivity (Wildman–Crippen MR) is 98.7 cm³/mol. The summed E-state index contributed by atoms with van der Waals surface area (Å²) in [5.74, 6) is 0.00888. The summed E-state index contributed by atoms with van der Waals surface area (Å²) in [6.07, 6.45) is 0.688. The molecule has 0 radical (unpaired) electrons. The number of amides is 1. The van der Waals surface area contributed by atoms with E-state index >= 15 is 0 Å². The van der Waals surface area contributed by atoms with Crippen LogP contribution < -0.4 is 5.43 Å². The Kier molecular flexibility index (Phi) is 6.75. The van der Waals surface area contributed by atoms with Crippen LogP contribution in [0.25, 0.3) is 0 Å². The maximum atomic E-state index is 12.0. The van der Waals surface area contributed by atoms with Gasteiger partial charge in [-0.2, -0.15) is 5.10 Å². The van der Waals surface area contributed by atoms with E-state index in [4.69, 9.17) is 11.6 Å². The molecule has 1 amide bonds. The molecule has 0 spiro atoms. The molecule has 1 N–H and O–H groups in total. The van der Waals surface area contributed by atoms with Crippen LogP contribution in [0, 0.1) is 13.8 Å². The van der Waals surface area contributed by atoms with Gasteiger partial charge in [0.2, 0.25) is 0 Å². The van der Waals surface area contributed by atoms with Gasteiger partial charge in [-0.25, -0.2) is 15.4 Å². The van der Waals surface area contributed by atoms with Gasteiger partial charge in [-0.05, 0) is 44.0 Å². The highest BCUT2D eigenvalue weighted by Gasteiger charge is 2.07. The largest absolute Gasteiger partial charge is 0.272 e. The molecule has 0 atom stereocenters. The lowest BCUT2D eigenvalue weighted by molar-refractivity contribution is -0.118. The van der Waals surface area contributed by atoms with Crippen LogP contribution in [0.15, 0.2) is 40.6 Å². The molecular formula is C17H19ClN4OS. The van der Waals surface area contributed by atoms with E-state index in [1.165, 1.54) is 11.8 Å². The Hall–Kier alpha value is -1.92. The molecule has 2 rings (SSSR count). The predicted octanol–water partition coefficient (Wildman–Crippen LogP) is 3.77. The minimum atomic E-state index is -0.198. The maximum absolute atomic E-state index is 12.0. The SMILES string of the molecule is CC/C(=N\NC(=O)CSc1nc(C)cc(C)n1)c1cccc(Cl)c1. The number of carbonyl (C=O) groups is 1. The Balaban J connectivity index is 1.95. The Morgan fingerprint density at radius 2 is 1.96 bits per heavy atom. The number of hydrogen-bond acceptors (Lipinski definition) is 5. The molecule has 7 heteroatoms. The third-order valence-electron chi connectivity index (χ3n) is 3.10. The highest BCUT2D eigenvalue weighted by molar-refractivity contribution is 7.99. The molecular weight excluding hydrogens is 344 g/mol. The first-order valence-corrected chi connectivity index (χ1v) is 8.90. The molecule has 0 unspecified atom stereocenters. The van der Waals surface area contributed by atoms with Gasteiger partial charge < -0.3 is 0 Å². The number of hydrogen-bond donors (Lipinski definition) is 1. The van der Waals surface area contributed by atoms with E-state index in [2.05, 4.69) is 20.5 Å². The van der Waals surface area contributed by atoms with Crippen LogP contribution in [0.1, 0.15) is 30.3 Å². The van der Waals surface area contributed by atoms with Crippen LogP contribution in [0.3, 0.4) is 0 Å². The maximum Gasteiger partial charge on any atom is 0.250 e. The highest BCUT2D eigenvalue weighted by Crippen LogP contribution is 2.14. The fourth-order valence-corrected chi connectivity index (χ4v) is 3.00. The van der Waals surface area contributed by atoms with Gasteiger partial charge >= 0.3 is 0 Å². The van der Waals surface area contributed by atoms with Gasteiger partial charge in [-0.15, -0.1) is 0 Å². The van der Waals surface area contributed by atoms with Crippen molar-refractivity contribution in [2.24, 2.45) is 5.10 Å². The summed E-state index contributed by atoms with van der Waals surface area (Å²) >= 11 is 7.28. The van der Waals surface area contributed by atoms with Crippen molar-refractivity contribution >= 4 is 35.0 Å². The summed E-state index contributed by atoms with van der Waals surface area (Å²) in [6.45, 7) is 5.78. The van der Waals surface area contributed by atoms with E-state index in [1.807, 2.05) is 45.0 Å². The van der Waals surface area contributed by atoms with Crippen molar-refractivity contribution in [1.29, 1.82) is 0 Å². The fraction of sp³-hybridized carbons (Fsp3) is 0.294. The molecule has 0 saturated carbocycles. The number of hydrazone groups is 1. The topological polar surface area (TPSA) is 67.2 Å². The van der Waals surface area contributed by atoms with E-state index in [1.54, 1.807) is 6.07 Å². The van der Waals surface area contributed by atoms with Gasteiger partial charge in [0, 0.05) is 16.4 Å². The van der Waals surface area contributed by atoms with Crippen molar-refractivity contribution in [3.63, 3.8) is 0 Å². The fourth-order valence-electron chi connectivity index (χ4n) is 2.07. The first-order valence-electron chi connectivity index (χ1n) is 7.54. The number of nitrogens with one attached hydrogen (secondary N) is 1. The molecule has 0 aliphatic carbocycles. The van der Waals surface area contributed by atoms with Crippen molar-refractivity contribution < 1.29 is 4.79 Å². The summed E-state index contributed by atoms with van der Waals surface area (Å²) in [5.41, 5.74) is 6.03. The van der Waals surface area contributed by atoms with Gasteiger partial charge in [0.05, 0.1) is 11.5 Å². The monoisotopic (exact) mass is 362 g/mol. The molecule has 1 aromatic carbocycles. The second kappa shape index (κ2) is 8.80. The molecule has 1 aromatic heterocycles. The number of carbonyl (C=O) groups excluding carboxylic acids is 1. The third kappa shape index (κ3) is 5.62. The van der Waals surface area contributed by atoms with Crippen LogP contribution in [0.5, 0.6) is 0 Å². The van der Waals surface area contributed by atoms with Crippen LogP contribution in [-0.2, 0) is 4.79 Å². The second-order valence-electron chi connectivity index (χ2n) is 5.18. The van der Waals surface area contributed by atoms with Gasteiger partial charge in [0.25, 0.3) is 5.91 Å². The summed E-state index contributed by atoms with van der Waals surface area (Å²) < 4.78 is 0. The van der Waals surface area contributed by atoms with E-state index in [9.17, 15) is 4.79 Å². The molecule has 0 aliphatic rings. The minimum absolute atomic E-state index is 0.198. The van der Waals surface area contributed by atoms with Crippen molar-refractivity contribution in [2.45, 2.75) is 32.3 Å². The average molecular weight is 363 g/mol. The molecule has 1 heterocycles. The number of aryl methyl sites for hydroxylation is 2. The molecule has 126 valence electrons. The summed E-state index contributed by atoms with van der Waals surface area (Å²) in [7, 11) is 0. The van der Waals surface area contributed by atoms with E-state index in [0.717, 1.165) is 22.7 Å². The van der Waals surface area contributed by atoms with Crippen LogP contribution in [0.2, 0.25) is 5.02 Å². The number of thioether (sulfide) groups is 1. The molecule has 24 heavy (non-hydrogen) atoms. The lowest BCUT2D eigenvalue weighted by Crippen LogP contribution is -2.22. The van der Waals surface area contributed by atoms with Crippen molar-refractivity contribution in [3.8, 4) is 0 Å². The lowest BCUT2D eigenvalue weighted by Gasteiger charge is -2.06. The number of nitrogens with zero attached hydrogens (tertiary/aromatic N) is 3. The average Bonchev–Trinajstić information content (AvgIpc) is 2.53. The normalized spacial score (nSPS) is 11.4. The Bertz CT molecular complexity index is 744. The van der Waals surface area contributed by atoms with Gasteiger partial charge in [-0.3, -0.25) is 4.79 Å². The van der Waals surface area contributed by atoms with Crippen LogP contribution in [0.4, 0.5) is 0 Å². The molecule has 2 aromatic rings. The van der Waals surface area contributed by atoms with E-state index in [0.29, 0.717) is 16.6 Å². The Morgan fingerprint density at radius 3 is 2.58 bits per heavy atom. The number of aromatic nitrogens is 2. The molecule has 5 nitrogen and oxygen atoms in total. The van der Waals surface area contributed by atoms with Crippen LogP contribution in [-0.4, -0.2) is 27.3 Å². The molecule has 0 aliphatic heterocycles. The molecule has 0 saturated heterocycles. The highest BCUT2D eigenvalue weighted by atomic mass is 35.5. The summed E-state index contributed by atoms with van der Waals surface area (Å²) in [4.78, 5) is 20.6. The number of benzene rings is 1. The van der Waals surface area contributed by atoms with Gasteiger partial charge in [-0.1, -0.05) is 42.4 Å². The Labute approximate surface area is 150 Å². The van der Waals surface area contributed by atoms with Crippen LogP contribution >= 0.6 is 23.4 Å². The molecule has 0 bridgehead atoms. The summed E-state index contributed by atoms with van der Waals surface area (Å²) in [6, 6.07) is 9.30. The standard InChI is InChI=1S/C17H19ClN4OS/c1-4-15(13-6-5-7-14(18)9-13)21-22-16(23)10-24-17-19-11(2)8-12(3)20-17/h5-9H,4,10H2,1-3H3,(H,22,23)/b21-15+. The second-order valence-corrected chi connectivity index (χ2v) is 6.56. The summed E-state index contributed by atoms with van der Waals surface area (Å²) in [5, 5.41) is 5.44. The zero-order chi connectivity index (χ0) is 17.5. The number of halogens is 1. The third-order valence-corrected chi connectivity index (χ3v) is 4.18. The zero-order valence-corrected chi connectivity index (χ0v) is 15.4. The number of rotatable bonds is 6. The van der Waals surface area contributed by atoms with Crippen molar-refractivity contribution in [1.82, 2.24) is 15.4 Å². The lowest BCUT2D eigenvalue weighted by atomic mass is 10.1. The zero-order valence-electron chi connectivity index (χ0n) is 13.8. The Morgan fingerprint density at radius 1 is 1.25 bits per heavy atom. The first-order chi connectivity index (χ1) is 11.5. The minimum Gasteiger partial charge on any atom is -0.272 e. The van der Waals surface area contributed by atoms with Crippen molar-refractivity contribution in [3.05, 3.63) is 52.3 Å². The van der Waals surface area contributed by atoms with E-state index in [-0.39, 0.29) is 11.7 Å². The first kappa shape index (κ1) is 18.4. The van der Waals surface area contributed by atoms with Gasteiger partial charge in [0.1, 0.15) is 0 Å². The quantitative estimate of drug-likeness (QED) is 0.367. The van der Waals surface area contributed by atoms with Gasteiger partial charge in [0.15, 0.2) is 5.16 Å². The smallest absolute Gasteiger partial charge is 0.250 e. The van der Waals surface area contributed by atoms with Crippen molar-refractivity contribution in [2.75, 3.05) is 5.75 Å². The van der Waals surface area contributed by atoms with E-state index < -0.39 is 0 Å².